The van der Waals surface area contributed by atoms with Gasteiger partial charge in [-0.25, -0.2) is 0 Å². The fraction of sp³-hybridized carbons (Fsp3) is 0.211. The van der Waals surface area contributed by atoms with Gasteiger partial charge in [0.05, 0.1) is 0 Å². The number of carbonyl (C=O) groups is 1. The number of allylic oxidation sites excluding steroid dienone is 1. The molecule has 0 N–H and O–H groups in total. The molecule has 0 saturated heterocycles. The Balaban J connectivity index is 1.87. The van der Waals surface area contributed by atoms with Crippen molar-refractivity contribution in [2.75, 3.05) is 0 Å². The van der Waals surface area contributed by atoms with Crippen LogP contribution in [0, 0.1) is 0 Å². The van der Waals surface area contributed by atoms with Gasteiger partial charge in [0.25, 0.3) is 0 Å². The number of carbonyl (C=O) groups excluding carboxylic acids is 1. The molecule has 1 nitrogen and oxygen atoms in total. The largest absolute Gasteiger partial charge is 0.294 e. The summed E-state index contributed by atoms with van der Waals surface area (Å²) in [5.74, 6) is 0.279. The van der Waals surface area contributed by atoms with E-state index in [1.54, 1.807) is 0 Å². The first kappa shape index (κ1) is 14.1. The van der Waals surface area contributed by atoms with Crippen LogP contribution < -0.4 is 0 Å². The highest BCUT2D eigenvalue weighted by atomic mass is 35.5. The first-order valence-corrected chi connectivity index (χ1v) is 7.67. The quantitative estimate of drug-likeness (QED) is 0.691. The van der Waals surface area contributed by atoms with Crippen molar-refractivity contribution in [2.45, 2.75) is 25.2 Å². The Morgan fingerprint density at radius 3 is 2.43 bits per heavy atom. The number of ketones is 1. The van der Waals surface area contributed by atoms with Crippen LogP contribution in [0.5, 0.6) is 0 Å². The summed E-state index contributed by atoms with van der Waals surface area (Å²) in [4.78, 5) is 12.7. The van der Waals surface area contributed by atoms with Crippen molar-refractivity contribution in [3.05, 3.63) is 76.3 Å². The monoisotopic (exact) mass is 296 g/mol. The molecular formula is C19H17ClO. The van der Waals surface area contributed by atoms with Crippen molar-refractivity contribution < 1.29 is 4.79 Å². The lowest BCUT2D eigenvalue weighted by Crippen LogP contribution is -2.19. The van der Waals surface area contributed by atoms with Crippen LogP contribution in [0.3, 0.4) is 0 Å². The Bertz CT molecular complexity index is 656. The SMILES string of the molecule is O=C1C(=Cc2ccc(Cl)cc2)CCCC1c1ccccc1. The number of hydrogen-bond donors (Lipinski definition) is 0. The number of hydrogen-bond acceptors (Lipinski definition) is 1. The zero-order valence-electron chi connectivity index (χ0n) is 11.8. The van der Waals surface area contributed by atoms with Crippen molar-refractivity contribution >= 4 is 23.5 Å². The maximum absolute atomic E-state index is 12.7. The van der Waals surface area contributed by atoms with E-state index in [1.807, 2.05) is 60.7 Å². The zero-order chi connectivity index (χ0) is 14.7. The highest BCUT2D eigenvalue weighted by molar-refractivity contribution is 6.30. The third kappa shape index (κ3) is 3.25. The Kier molecular flexibility index (Phi) is 4.21. The molecule has 2 aromatic carbocycles. The first-order valence-electron chi connectivity index (χ1n) is 7.29. The fourth-order valence-corrected chi connectivity index (χ4v) is 3.01. The van der Waals surface area contributed by atoms with Crippen LogP contribution in [0.15, 0.2) is 60.2 Å². The predicted octanol–water partition coefficient (Wildman–Crippen LogP) is 5.26. The molecule has 1 saturated carbocycles. The number of Topliss-reactive ketones (excluding diaryl/α,β-unsaturated/α-hetero) is 1. The van der Waals surface area contributed by atoms with E-state index in [9.17, 15) is 4.79 Å². The molecule has 1 fully saturated rings. The minimum atomic E-state index is 0.0125. The minimum Gasteiger partial charge on any atom is -0.294 e. The molecule has 1 atom stereocenters. The van der Waals surface area contributed by atoms with E-state index in [0.29, 0.717) is 5.02 Å². The Hall–Kier alpha value is -1.86. The third-order valence-corrected chi connectivity index (χ3v) is 4.24. The average molecular weight is 297 g/mol. The van der Waals surface area contributed by atoms with E-state index < -0.39 is 0 Å². The van der Waals surface area contributed by atoms with Gasteiger partial charge in [-0.05, 0) is 54.2 Å². The normalized spacial score (nSPS) is 20.7. The van der Waals surface area contributed by atoms with Crippen LogP contribution in [0.25, 0.3) is 6.08 Å². The van der Waals surface area contributed by atoms with Gasteiger partial charge in [0.2, 0.25) is 0 Å². The smallest absolute Gasteiger partial charge is 0.166 e. The highest BCUT2D eigenvalue weighted by Gasteiger charge is 2.27. The van der Waals surface area contributed by atoms with Crippen molar-refractivity contribution in [1.29, 1.82) is 0 Å². The number of halogens is 1. The summed E-state index contributed by atoms with van der Waals surface area (Å²) in [5, 5.41) is 0.717. The van der Waals surface area contributed by atoms with E-state index in [0.717, 1.165) is 36.0 Å². The third-order valence-electron chi connectivity index (χ3n) is 3.98. The molecule has 3 rings (SSSR count). The molecule has 2 heteroatoms. The van der Waals surface area contributed by atoms with E-state index in [4.69, 9.17) is 11.6 Å². The van der Waals surface area contributed by atoms with Crippen LogP contribution in [0.4, 0.5) is 0 Å². The molecule has 106 valence electrons. The molecule has 21 heavy (non-hydrogen) atoms. The van der Waals surface area contributed by atoms with Crippen molar-refractivity contribution in [1.82, 2.24) is 0 Å². The summed E-state index contributed by atoms with van der Waals surface area (Å²) < 4.78 is 0. The van der Waals surface area contributed by atoms with Crippen LogP contribution in [0.1, 0.15) is 36.3 Å². The van der Waals surface area contributed by atoms with Gasteiger partial charge in [-0.1, -0.05) is 54.1 Å². The second-order valence-corrected chi connectivity index (χ2v) is 5.88. The van der Waals surface area contributed by atoms with E-state index in [1.165, 1.54) is 0 Å². The molecule has 0 radical (unpaired) electrons. The lowest BCUT2D eigenvalue weighted by molar-refractivity contribution is -0.117. The maximum Gasteiger partial charge on any atom is 0.166 e. The molecular weight excluding hydrogens is 280 g/mol. The van der Waals surface area contributed by atoms with Crippen molar-refractivity contribution in [2.24, 2.45) is 0 Å². The minimum absolute atomic E-state index is 0.0125. The molecule has 0 aliphatic heterocycles. The van der Waals surface area contributed by atoms with Gasteiger partial charge < -0.3 is 0 Å². The van der Waals surface area contributed by atoms with E-state index in [2.05, 4.69) is 0 Å². The van der Waals surface area contributed by atoms with Gasteiger partial charge in [-0.3, -0.25) is 4.79 Å². The maximum atomic E-state index is 12.7. The second kappa shape index (κ2) is 6.28. The summed E-state index contributed by atoms with van der Waals surface area (Å²) in [6.45, 7) is 0. The van der Waals surface area contributed by atoms with Crippen LogP contribution in [0.2, 0.25) is 5.02 Å². The fourth-order valence-electron chi connectivity index (χ4n) is 2.88. The van der Waals surface area contributed by atoms with Gasteiger partial charge in [0.15, 0.2) is 5.78 Å². The van der Waals surface area contributed by atoms with Crippen LogP contribution in [-0.4, -0.2) is 5.78 Å². The molecule has 0 heterocycles. The molecule has 0 spiro atoms. The Labute approximate surface area is 130 Å². The number of benzene rings is 2. The second-order valence-electron chi connectivity index (χ2n) is 5.44. The predicted molar refractivity (Wildman–Crippen MR) is 87.5 cm³/mol. The highest BCUT2D eigenvalue weighted by Crippen LogP contribution is 2.33. The first-order chi connectivity index (χ1) is 10.2. The van der Waals surface area contributed by atoms with E-state index in [-0.39, 0.29) is 11.7 Å². The summed E-state index contributed by atoms with van der Waals surface area (Å²) >= 11 is 5.90. The average Bonchev–Trinajstić information content (AvgIpc) is 2.52. The van der Waals surface area contributed by atoms with Crippen LogP contribution in [-0.2, 0) is 4.79 Å². The number of rotatable bonds is 2. The molecule has 1 unspecified atom stereocenters. The molecule has 0 bridgehead atoms. The van der Waals surface area contributed by atoms with Gasteiger partial charge in [0.1, 0.15) is 0 Å². The topological polar surface area (TPSA) is 17.1 Å². The summed E-state index contributed by atoms with van der Waals surface area (Å²) in [6.07, 6.45) is 4.88. The van der Waals surface area contributed by atoms with Gasteiger partial charge in [-0.15, -0.1) is 0 Å². The summed E-state index contributed by atoms with van der Waals surface area (Å²) in [5.41, 5.74) is 3.10. The van der Waals surface area contributed by atoms with Crippen molar-refractivity contribution in [3.63, 3.8) is 0 Å². The van der Waals surface area contributed by atoms with Gasteiger partial charge in [0, 0.05) is 10.9 Å². The van der Waals surface area contributed by atoms with Crippen LogP contribution >= 0.6 is 11.6 Å². The summed E-state index contributed by atoms with van der Waals surface area (Å²) in [6, 6.07) is 17.7. The molecule has 1 aliphatic carbocycles. The lowest BCUT2D eigenvalue weighted by atomic mass is 9.79. The zero-order valence-corrected chi connectivity index (χ0v) is 12.5. The Morgan fingerprint density at radius 1 is 1.00 bits per heavy atom. The van der Waals surface area contributed by atoms with E-state index >= 15 is 0 Å². The molecule has 1 aliphatic rings. The molecule has 0 amide bonds. The van der Waals surface area contributed by atoms with Crippen molar-refractivity contribution in [3.8, 4) is 0 Å². The molecule has 0 aromatic heterocycles. The van der Waals surface area contributed by atoms with Gasteiger partial charge in [-0.2, -0.15) is 0 Å². The Morgan fingerprint density at radius 2 is 1.71 bits per heavy atom. The lowest BCUT2D eigenvalue weighted by Gasteiger charge is -2.23. The summed E-state index contributed by atoms with van der Waals surface area (Å²) in [7, 11) is 0. The van der Waals surface area contributed by atoms with Gasteiger partial charge >= 0.3 is 0 Å². The molecule has 2 aromatic rings. The standard InChI is InChI=1S/C19H17ClO/c20-17-11-9-14(10-12-17)13-16-7-4-8-18(19(16)21)15-5-2-1-3-6-15/h1-3,5-6,9-13,18H,4,7-8H2.